The van der Waals surface area contributed by atoms with E-state index in [0.717, 1.165) is 18.3 Å². The molecule has 3 atom stereocenters. The maximum absolute atomic E-state index is 10.8. The molecule has 0 heterocycles. The maximum atomic E-state index is 10.8. The third-order valence-electron chi connectivity index (χ3n) is 2.81. The predicted molar refractivity (Wildman–Crippen MR) is 30.4 cm³/mol. The molecule has 0 saturated heterocycles. The summed E-state index contributed by atoms with van der Waals surface area (Å²) in [4.78, 5) is 10.8. The zero-order valence-electron chi connectivity index (χ0n) is 5.05. The van der Waals surface area contributed by atoms with Gasteiger partial charge in [0.2, 0.25) is 0 Å². The molecule has 8 heavy (non-hydrogen) atoms. The van der Waals surface area contributed by atoms with Crippen LogP contribution in [0, 0.1) is 17.8 Å². The summed E-state index contributed by atoms with van der Waals surface area (Å²) in [6.45, 7) is 2.20. The molecule has 0 amide bonds. The molecule has 3 aliphatic carbocycles. The van der Waals surface area contributed by atoms with Gasteiger partial charge in [-0.25, -0.2) is 0 Å². The second kappa shape index (κ2) is 1.15. The molecule has 0 N–H and O–H groups in total. The molecular formula is C7H10O. The summed E-state index contributed by atoms with van der Waals surface area (Å²) in [5, 5.41) is 0. The van der Waals surface area contributed by atoms with Crippen molar-refractivity contribution >= 4 is 5.78 Å². The van der Waals surface area contributed by atoms with Crippen LogP contribution in [0.4, 0.5) is 0 Å². The van der Waals surface area contributed by atoms with Gasteiger partial charge in [-0.1, -0.05) is 6.92 Å². The van der Waals surface area contributed by atoms with E-state index in [1.807, 2.05) is 0 Å². The summed E-state index contributed by atoms with van der Waals surface area (Å²) in [7, 11) is 0. The predicted octanol–water partition coefficient (Wildman–Crippen LogP) is 1.23. The molecule has 0 aromatic rings. The third kappa shape index (κ3) is 0.320. The number of rotatable bonds is 0. The Morgan fingerprint density at radius 3 is 2.50 bits per heavy atom. The minimum Gasteiger partial charge on any atom is -0.299 e. The molecule has 0 radical (unpaired) electrons. The summed E-state index contributed by atoms with van der Waals surface area (Å²) in [5.74, 6) is 2.54. The van der Waals surface area contributed by atoms with Crippen LogP contribution in [0.25, 0.3) is 0 Å². The van der Waals surface area contributed by atoms with E-state index in [1.54, 1.807) is 0 Å². The van der Waals surface area contributed by atoms with Gasteiger partial charge < -0.3 is 0 Å². The highest BCUT2D eigenvalue weighted by Crippen LogP contribution is 2.50. The van der Waals surface area contributed by atoms with E-state index in [2.05, 4.69) is 6.92 Å². The van der Waals surface area contributed by atoms with Crippen LogP contribution < -0.4 is 0 Å². The normalized spacial score (nSPS) is 51.6. The second-order valence-electron chi connectivity index (χ2n) is 3.13. The number of ketones is 1. The number of carbonyl (C=O) groups is 1. The Morgan fingerprint density at radius 2 is 2.38 bits per heavy atom. The van der Waals surface area contributed by atoms with Crippen LogP contribution in [-0.4, -0.2) is 5.78 Å². The van der Waals surface area contributed by atoms with Crippen molar-refractivity contribution in [2.45, 2.75) is 19.8 Å². The summed E-state index contributed by atoms with van der Waals surface area (Å²) < 4.78 is 0. The lowest BCUT2D eigenvalue weighted by molar-refractivity contribution is -0.120. The van der Waals surface area contributed by atoms with Crippen LogP contribution in [0.2, 0.25) is 0 Å². The van der Waals surface area contributed by atoms with Crippen LogP contribution in [-0.2, 0) is 4.79 Å². The minimum atomic E-state index is 0.486. The second-order valence-corrected chi connectivity index (χ2v) is 3.13. The molecular weight excluding hydrogens is 100 g/mol. The zero-order chi connectivity index (χ0) is 5.72. The van der Waals surface area contributed by atoms with Crippen molar-refractivity contribution in [3.8, 4) is 0 Å². The van der Waals surface area contributed by atoms with Crippen LogP contribution in [0.1, 0.15) is 19.8 Å². The molecule has 2 bridgehead atoms. The van der Waals surface area contributed by atoms with Gasteiger partial charge in [-0.15, -0.1) is 0 Å². The lowest BCUT2D eigenvalue weighted by Gasteiger charge is -2.30. The molecule has 3 rings (SSSR count). The fourth-order valence-electron chi connectivity index (χ4n) is 1.99. The van der Waals surface area contributed by atoms with Gasteiger partial charge in [0.25, 0.3) is 0 Å². The summed E-state index contributed by atoms with van der Waals surface area (Å²) in [6.07, 6.45) is 2.10. The van der Waals surface area contributed by atoms with Gasteiger partial charge in [-0.05, 0) is 18.3 Å². The van der Waals surface area contributed by atoms with Crippen molar-refractivity contribution in [1.29, 1.82) is 0 Å². The van der Waals surface area contributed by atoms with E-state index in [-0.39, 0.29) is 0 Å². The van der Waals surface area contributed by atoms with Crippen molar-refractivity contribution in [2.24, 2.45) is 17.8 Å². The van der Waals surface area contributed by atoms with Crippen LogP contribution >= 0.6 is 0 Å². The fourth-order valence-corrected chi connectivity index (χ4v) is 1.99. The van der Waals surface area contributed by atoms with E-state index >= 15 is 0 Å². The van der Waals surface area contributed by atoms with Gasteiger partial charge in [-0.3, -0.25) is 4.79 Å². The van der Waals surface area contributed by atoms with Gasteiger partial charge in [0.1, 0.15) is 5.78 Å². The molecule has 1 nitrogen and oxygen atoms in total. The lowest BCUT2D eigenvalue weighted by Crippen LogP contribution is -2.26. The quantitative estimate of drug-likeness (QED) is 0.458. The number of fused-ring (bicyclic) bond motifs is 1. The summed E-state index contributed by atoms with van der Waals surface area (Å²) >= 11 is 0. The first kappa shape index (κ1) is 4.54. The van der Waals surface area contributed by atoms with Crippen molar-refractivity contribution in [2.75, 3.05) is 0 Å². The van der Waals surface area contributed by atoms with Crippen LogP contribution in [0.3, 0.4) is 0 Å². The number of hydrogen-bond donors (Lipinski definition) is 0. The van der Waals surface area contributed by atoms with Gasteiger partial charge in [0.15, 0.2) is 0 Å². The molecule has 3 aliphatic rings. The zero-order valence-corrected chi connectivity index (χ0v) is 5.05. The fraction of sp³-hybridized carbons (Fsp3) is 0.857. The Morgan fingerprint density at radius 1 is 1.62 bits per heavy atom. The molecule has 3 saturated carbocycles. The number of Topliss-reactive ketones (excluding diaryl/α,β-unsaturated/α-hetero) is 1. The Kier molecular flexibility index (Phi) is 0.651. The third-order valence-corrected chi connectivity index (χ3v) is 2.81. The highest BCUT2D eigenvalue weighted by Gasteiger charge is 2.49. The molecule has 3 fully saturated rings. The van der Waals surface area contributed by atoms with E-state index in [1.165, 1.54) is 6.42 Å². The Balaban J connectivity index is 2.24. The van der Waals surface area contributed by atoms with Crippen molar-refractivity contribution < 1.29 is 4.79 Å². The lowest BCUT2D eigenvalue weighted by atomic mass is 9.74. The van der Waals surface area contributed by atoms with Crippen molar-refractivity contribution in [3.63, 3.8) is 0 Å². The van der Waals surface area contributed by atoms with E-state index < -0.39 is 0 Å². The Bertz CT molecular complexity index is 139. The topological polar surface area (TPSA) is 17.1 Å². The molecule has 44 valence electrons. The van der Waals surface area contributed by atoms with Crippen molar-refractivity contribution in [3.05, 3.63) is 0 Å². The first-order valence-electron chi connectivity index (χ1n) is 3.32. The van der Waals surface area contributed by atoms with Gasteiger partial charge in [0.05, 0.1) is 0 Å². The van der Waals surface area contributed by atoms with E-state index in [9.17, 15) is 4.79 Å². The first-order valence-corrected chi connectivity index (χ1v) is 3.32. The molecule has 3 unspecified atom stereocenters. The van der Waals surface area contributed by atoms with Crippen molar-refractivity contribution in [1.82, 2.24) is 0 Å². The standard InChI is InChI=1S/C7H10O/c1-4-5-2-6(4)7(8)3-5/h4-6H,2-3H2,1H3. The molecule has 0 aromatic carbocycles. The molecule has 0 aliphatic heterocycles. The van der Waals surface area contributed by atoms with Crippen LogP contribution in [0.5, 0.6) is 0 Å². The molecule has 0 spiro atoms. The van der Waals surface area contributed by atoms with E-state index in [4.69, 9.17) is 0 Å². The smallest absolute Gasteiger partial charge is 0.136 e. The maximum Gasteiger partial charge on any atom is 0.136 e. The van der Waals surface area contributed by atoms with Gasteiger partial charge in [0, 0.05) is 12.3 Å². The molecule has 1 heteroatoms. The van der Waals surface area contributed by atoms with Crippen LogP contribution in [0.15, 0.2) is 0 Å². The monoisotopic (exact) mass is 110 g/mol. The Labute approximate surface area is 49.1 Å². The SMILES string of the molecule is CC1C2CC(=O)C1C2. The van der Waals surface area contributed by atoms with E-state index in [0.29, 0.717) is 11.7 Å². The minimum absolute atomic E-state index is 0.486. The average molecular weight is 110 g/mol. The first-order chi connectivity index (χ1) is 3.79. The molecule has 0 aromatic heterocycles. The Hall–Kier alpha value is -0.330. The summed E-state index contributed by atoms with van der Waals surface area (Å²) in [6, 6.07) is 0. The highest BCUT2D eigenvalue weighted by atomic mass is 16.1. The number of hydrogen-bond acceptors (Lipinski definition) is 1. The largest absolute Gasteiger partial charge is 0.299 e. The highest BCUT2D eigenvalue weighted by molar-refractivity contribution is 5.86. The van der Waals surface area contributed by atoms with Gasteiger partial charge in [-0.2, -0.15) is 0 Å². The van der Waals surface area contributed by atoms with Gasteiger partial charge >= 0.3 is 0 Å². The average Bonchev–Trinajstić information content (AvgIpc) is 2.19. The summed E-state index contributed by atoms with van der Waals surface area (Å²) in [5.41, 5.74) is 0. The number of carbonyl (C=O) groups excluding carboxylic acids is 1.